The third-order valence-electron chi connectivity index (χ3n) is 4.45. The van der Waals surface area contributed by atoms with Gasteiger partial charge in [0, 0.05) is 13.0 Å². The molecular formula is C18H23N5O3. The summed E-state index contributed by atoms with van der Waals surface area (Å²) < 4.78 is 11.4. The fraction of sp³-hybridized carbons (Fsp3) is 0.444. The molecule has 0 spiro atoms. The van der Waals surface area contributed by atoms with Gasteiger partial charge >= 0.3 is 0 Å². The molecule has 0 saturated carbocycles. The lowest BCUT2D eigenvalue weighted by molar-refractivity contribution is -0.0641. The molecule has 1 fully saturated rings. The first kappa shape index (κ1) is 17.0. The Bertz CT molecular complexity index is 758. The molecule has 0 radical (unpaired) electrons. The highest BCUT2D eigenvalue weighted by Gasteiger charge is 2.36. The van der Waals surface area contributed by atoms with Crippen LogP contribution < -0.4 is 15.5 Å². The summed E-state index contributed by atoms with van der Waals surface area (Å²) in [4.78, 5) is 11.2. The molecule has 26 heavy (non-hydrogen) atoms. The van der Waals surface area contributed by atoms with Gasteiger partial charge in [-0.1, -0.05) is 37.3 Å². The third kappa shape index (κ3) is 3.31. The van der Waals surface area contributed by atoms with Crippen LogP contribution in [-0.2, 0) is 22.4 Å². The standard InChI is InChI=1S/C18H23N5O3/c1-2-14-21-16(19-8-12-6-4-3-5-7-12)15-17(22-14)23(11-20-15)18-25-10-13(9-24)26-18/h3-7,13,18,20,24H,2,8-11H2,1H3,(H,19,21,22). The van der Waals surface area contributed by atoms with Crippen molar-refractivity contribution in [1.82, 2.24) is 9.97 Å². The maximum Gasteiger partial charge on any atom is 0.243 e. The van der Waals surface area contributed by atoms with E-state index >= 15 is 0 Å². The number of anilines is 3. The summed E-state index contributed by atoms with van der Waals surface area (Å²) in [5.74, 6) is 2.29. The van der Waals surface area contributed by atoms with Crippen molar-refractivity contribution in [3.05, 3.63) is 41.7 Å². The molecular weight excluding hydrogens is 334 g/mol. The summed E-state index contributed by atoms with van der Waals surface area (Å²) in [6.07, 6.45) is -0.123. The normalized spacial score (nSPS) is 21.5. The SMILES string of the molecule is CCc1nc(NCc2ccccc2)c2c(n1)N(C1OCC(CO)O1)CN2. The van der Waals surface area contributed by atoms with Crippen LogP contribution in [0.1, 0.15) is 18.3 Å². The number of fused-ring (bicyclic) bond motifs is 1. The van der Waals surface area contributed by atoms with Crippen molar-refractivity contribution >= 4 is 17.3 Å². The second kappa shape index (κ2) is 7.45. The summed E-state index contributed by atoms with van der Waals surface area (Å²) in [7, 11) is 0. The topological polar surface area (TPSA) is 91.8 Å². The predicted molar refractivity (Wildman–Crippen MR) is 97.8 cm³/mol. The molecule has 2 aromatic rings. The monoisotopic (exact) mass is 357 g/mol. The predicted octanol–water partition coefficient (Wildman–Crippen LogP) is 1.53. The number of aliphatic hydroxyl groups excluding tert-OH is 1. The summed E-state index contributed by atoms with van der Waals surface area (Å²) in [5, 5.41) is 16.0. The van der Waals surface area contributed by atoms with E-state index in [1.165, 1.54) is 5.56 Å². The molecule has 3 N–H and O–H groups in total. The molecule has 8 nitrogen and oxygen atoms in total. The van der Waals surface area contributed by atoms with Gasteiger partial charge in [-0.2, -0.15) is 0 Å². The van der Waals surface area contributed by atoms with Crippen molar-refractivity contribution < 1.29 is 14.6 Å². The summed E-state index contributed by atoms with van der Waals surface area (Å²) in [5.41, 5.74) is 2.03. The number of aliphatic hydroxyl groups is 1. The zero-order valence-electron chi connectivity index (χ0n) is 14.7. The Hall–Kier alpha value is -2.42. The summed E-state index contributed by atoms with van der Waals surface area (Å²) in [6.45, 7) is 3.54. The number of ether oxygens (including phenoxy) is 2. The van der Waals surface area contributed by atoms with Gasteiger partial charge in [0.25, 0.3) is 0 Å². The van der Waals surface area contributed by atoms with Crippen LogP contribution in [-0.4, -0.2) is 47.5 Å². The molecule has 0 bridgehead atoms. The van der Waals surface area contributed by atoms with Crippen molar-refractivity contribution in [3.8, 4) is 0 Å². The van der Waals surface area contributed by atoms with Crippen LogP contribution >= 0.6 is 0 Å². The van der Waals surface area contributed by atoms with Crippen molar-refractivity contribution in [2.75, 3.05) is 35.4 Å². The molecule has 1 saturated heterocycles. The largest absolute Gasteiger partial charge is 0.394 e. The Labute approximate surface area is 152 Å². The minimum Gasteiger partial charge on any atom is -0.394 e. The Morgan fingerprint density at radius 2 is 2.15 bits per heavy atom. The van der Waals surface area contributed by atoms with Crippen molar-refractivity contribution in [2.45, 2.75) is 32.4 Å². The minimum absolute atomic E-state index is 0.0571. The first-order chi connectivity index (χ1) is 12.8. The van der Waals surface area contributed by atoms with E-state index in [2.05, 4.69) is 32.7 Å². The van der Waals surface area contributed by atoms with Gasteiger partial charge in [0.2, 0.25) is 6.41 Å². The smallest absolute Gasteiger partial charge is 0.243 e. The molecule has 2 unspecified atom stereocenters. The molecule has 138 valence electrons. The third-order valence-corrected chi connectivity index (χ3v) is 4.45. The zero-order valence-corrected chi connectivity index (χ0v) is 14.7. The summed E-state index contributed by atoms with van der Waals surface area (Å²) in [6, 6.07) is 10.2. The molecule has 0 amide bonds. The fourth-order valence-electron chi connectivity index (χ4n) is 3.04. The van der Waals surface area contributed by atoms with Gasteiger partial charge in [-0.05, 0) is 5.56 Å². The molecule has 2 aliphatic rings. The number of rotatable bonds is 6. The second-order valence-corrected chi connectivity index (χ2v) is 6.27. The van der Waals surface area contributed by atoms with E-state index in [0.29, 0.717) is 19.8 Å². The van der Waals surface area contributed by atoms with E-state index < -0.39 is 6.41 Å². The molecule has 3 heterocycles. The number of aromatic nitrogens is 2. The van der Waals surface area contributed by atoms with Gasteiger partial charge < -0.3 is 25.2 Å². The van der Waals surface area contributed by atoms with Gasteiger partial charge in [-0.25, -0.2) is 9.97 Å². The van der Waals surface area contributed by atoms with Crippen molar-refractivity contribution in [2.24, 2.45) is 0 Å². The molecule has 2 atom stereocenters. The van der Waals surface area contributed by atoms with Crippen LogP contribution in [0, 0.1) is 0 Å². The number of benzene rings is 1. The molecule has 8 heteroatoms. The van der Waals surface area contributed by atoms with Crippen LogP contribution in [0.2, 0.25) is 0 Å². The fourth-order valence-corrected chi connectivity index (χ4v) is 3.04. The molecule has 4 rings (SSSR count). The van der Waals surface area contributed by atoms with E-state index in [1.807, 2.05) is 30.0 Å². The molecule has 1 aromatic heterocycles. The number of hydrogen-bond donors (Lipinski definition) is 3. The number of nitrogens with zero attached hydrogens (tertiary/aromatic N) is 3. The van der Waals surface area contributed by atoms with Gasteiger partial charge in [0.15, 0.2) is 11.6 Å². The lowest BCUT2D eigenvalue weighted by Gasteiger charge is -2.23. The second-order valence-electron chi connectivity index (χ2n) is 6.27. The molecule has 1 aromatic carbocycles. The molecule has 0 aliphatic carbocycles. The van der Waals surface area contributed by atoms with Crippen LogP contribution in [0.4, 0.5) is 17.3 Å². The number of hydrogen-bond acceptors (Lipinski definition) is 8. The Morgan fingerprint density at radius 1 is 1.31 bits per heavy atom. The maximum atomic E-state index is 9.25. The van der Waals surface area contributed by atoms with Crippen LogP contribution in [0.3, 0.4) is 0 Å². The average Bonchev–Trinajstić information content (AvgIpc) is 3.33. The Balaban J connectivity index is 1.57. The Morgan fingerprint density at radius 3 is 2.88 bits per heavy atom. The van der Waals surface area contributed by atoms with Gasteiger partial charge in [0.1, 0.15) is 17.6 Å². The van der Waals surface area contributed by atoms with E-state index in [4.69, 9.17) is 9.47 Å². The van der Waals surface area contributed by atoms with Crippen LogP contribution in [0.5, 0.6) is 0 Å². The Kier molecular flexibility index (Phi) is 4.87. The van der Waals surface area contributed by atoms with Crippen LogP contribution in [0.25, 0.3) is 0 Å². The highest BCUT2D eigenvalue weighted by molar-refractivity contribution is 5.81. The van der Waals surface area contributed by atoms with E-state index in [1.54, 1.807) is 0 Å². The molecule has 2 aliphatic heterocycles. The summed E-state index contributed by atoms with van der Waals surface area (Å²) >= 11 is 0. The maximum absolute atomic E-state index is 9.25. The first-order valence-electron chi connectivity index (χ1n) is 8.85. The van der Waals surface area contributed by atoms with Gasteiger partial charge in [-0.3, -0.25) is 4.90 Å². The quantitative estimate of drug-likeness (QED) is 0.717. The lowest BCUT2D eigenvalue weighted by Crippen LogP contribution is -2.37. The van der Waals surface area contributed by atoms with E-state index in [9.17, 15) is 5.11 Å². The highest BCUT2D eigenvalue weighted by atomic mass is 16.7. The van der Waals surface area contributed by atoms with E-state index in [-0.39, 0.29) is 12.7 Å². The first-order valence-corrected chi connectivity index (χ1v) is 8.85. The van der Waals surface area contributed by atoms with Crippen molar-refractivity contribution in [3.63, 3.8) is 0 Å². The number of aryl methyl sites for hydroxylation is 1. The van der Waals surface area contributed by atoms with Gasteiger partial charge in [0.05, 0.1) is 19.9 Å². The average molecular weight is 357 g/mol. The van der Waals surface area contributed by atoms with Crippen LogP contribution in [0.15, 0.2) is 30.3 Å². The van der Waals surface area contributed by atoms with Crippen molar-refractivity contribution in [1.29, 1.82) is 0 Å². The zero-order chi connectivity index (χ0) is 17.9. The number of nitrogens with one attached hydrogen (secondary N) is 2. The minimum atomic E-state index is -0.553. The highest BCUT2D eigenvalue weighted by Crippen LogP contribution is 2.37. The van der Waals surface area contributed by atoms with E-state index in [0.717, 1.165) is 29.6 Å². The van der Waals surface area contributed by atoms with Gasteiger partial charge in [-0.15, -0.1) is 0 Å². The lowest BCUT2D eigenvalue weighted by atomic mass is 10.2.